The van der Waals surface area contributed by atoms with Crippen LogP contribution in [0.3, 0.4) is 0 Å². The Morgan fingerprint density at radius 2 is 2.00 bits per heavy atom. The van der Waals surface area contributed by atoms with Crippen LogP contribution in [0.5, 0.6) is 0 Å². The number of hydrogen-bond acceptors (Lipinski definition) is 3. The van der Waals surface area contributed by atoms with E-state index in [2.05, 4.69) is 10.1 Å². The van der Waals surface area contributed by atoms with Crippen LogP contribution >= 0.6 is 23.2 Å². The second-order valence-corrected chi connectivity index (χ2v) is 4.76. The van der Waals surface area contributed by atoms with Crippen LogP contribution in [0, 0.1) is 0 Å². The molecule has 0 aliphatic heterocycles. The van der Waals surface area contributed by atoms with Gasteiger partial charge in [-0.25, -0.2) is 4.52 Å². The summed E-state index contributed by atoms with van der Waals surface area (Å²) in [7, 11) is 0. The number of rotatable bonds is 2. The summed E-state index contributed by atoms with van der Waals surface area (Å²) in [5.74, 6) is -0.226. The number of carbonyl (C=O) groups excluding carboxylic acids is 1. The molecule has 4 nitrogen and oxygen atoms in total. The Bertz CT molecular complexity index is 782. The lowest BCUT2D eigenvalue weighted by Gasteiger charge is -2.03. The van der Waals surface area contributed by atoms with E-state index in [0.717, 1.165) is 0 Å². The average molecular weight is 292 g/mol. The highest BCUT2D eigenvalue weighted by Crippen LogP contribution is 2.24. The van der Waals surface area contributed by atoms with Crippen LogP contribution in [0.2, 0.25) is 10.0 Å². The van der Waals surface area contributed by atoms with Gasteiger partial charge in [0.1, 0.15) is 0 Å². The van der Waals surface area contributed by atoms with E-state index in [1.165, 1.54) is 6.20 Å². The molecule has 19 heavy (non-hydrogen) atoms. The Morgan fingerprint density at radius 3 is 2.84 bits per heavy atom. The minimum Gasteiger partial charge on any atom is -0.288 e. The largest absolute Gasteiger partial charge is 0.288 e. The third-order valence-electron chi connectivity index (χ3n) is 2.74. The van der Waals surface area contributed by atoms with E-state index in [1.807, 2.05) is 0 Å². The number of carbonyl (C=O) groups is 1. The molecule has 0 fully saturated rings. The highest BCUT2D eigenvalue weighted by atomic mass is 35.5. The van der Waals surface area contributed by atoms with Crippen molar-refractivity contribution in [2.24, 2.45) is 0 Å². The first-order valence-corrected chi connectivity index (χ1v) is 6.19. The van der Waals surface area contributed by atoms with Crippen LogP contribution < -0.4 is 0 Å². The van der Waals surface area contributed by atoms with Gasteiger partial charge in [-0.05, 0) is 18.2 Å². The molecule has 2 heterocycles. The normalized spacial score (nSPS) is 10.8. The minimum atomic E-state index is -0.226. The molecular weight excluding hydrogens is 285 g/mol. The molecule has 3 rings (SSSR count). The van der Waals surface area contributed by atoms with Crippen LogP contribution in [0.4, 0.5) is 0 Å². The van der Waals surface area contributed by atoms with Gasteiger partial charge in [0.2, 0.25) is 0 Å². The Balaban J connectivity index is 2.16. The maximum absolute atomic E-state index is 12.5. The van der Waals surface area contributed by atoms with Gasteiger partial charge < -0.3 is 0 Å². The van der Waals surface area contributed by atoms with Crippen molar-refractivity contribution in [1.82, 2.24) is 14.6 Å². The molecule has 6 heteroatoms. The minimum absolute atomic E-state index is 0.226. The molecule has 2 aromatic heterocycles. The zero-order valence-electron chi connectivity index (χ0n) is 9.55. The van der Waals surface area contributed by atoms with Crippen molar-refractivity contribution in [1.29, 1.82) is 0 Å². The summed E-state index contributed by atoms with van der Waals surface area (Å²) in [4.78, 5) is 16.5. The van der Waals surface area contributed by atoms with Crippen LogP contribution in [0.1, 0.15) is 15.9 Å². The van der Waals surface area contributed by atoms with Crippen molar-refractivity contribution >= 4 is 34.5 Å². The van der Waals surface area contributed by atoms with Crippen molar-refractivity contribution < 1.29 is 4.79 Å². The van der Waals surface area contributed by atoms with Gasteiger partial charge in [-0.1, -0.05) is 23.2 Å². The fraction of sp³-hybridized carbons (Fsp3) is 0. The van der Waals surface area contributed by atoms with Crippen molar-refractivity contribution in [3.63, 3.8) is 0 Å². The summed E-state index contributed by atoms with van der Waals surface area (Å²) >= 11 is 11.9. The Kier molecular flexibility index (Phi) is 2.97. The number of aromatic nitrogens is 3. The molecule has 0 aliphatic carbocycles. The molecule has 3 aromatic rings. The van der Waals surface area contributed by atoms with Crippen molar-refractivity contribution in [3.8, 4) is 0 Å². The lowest BCUT2D eigenvalue weighted by Crippen LogP contribution is -2.02. The molecular formula is C13H7Cl2N3O. The van der Waals surface area contributed by atoms with Gasteiger partial charge in [0.15, 0.2) is 5.78 Å². The van der Waals surface area contributed by atoms with Crippen molar-refractivity contribution in [2.75, 3.05) is 0 Å². The second kappa shape index (κ2) is 4.64. The first-order valence-electron chi connectivity index (χ1n) is 5.44. The zero-order valence-corrected chi connectivity index (χ0v) is 11.1. The SMILES string of the molecule is O=C(c1cc(Cl)ccc1Cl)c1cnn2ccncc12. The molecule has 0 saturated heterocycles. The van der Waals surface area contributed by atoms with Gasteiger partial charge in [-0.3, -0.25) is 9.78 Å². The van der Waals surface area contributed by atoms with E-state index in [9.17, 15) is 4.79 Å². The van der Waals surface area contributed by atoms with E-state index >= 15 is 0 Å². The fourth-order valence-electron chi connectivity index (χ4n) is 1.83. The smallest absolute Gasteiger partial charge is 0.198 e. The summed E-state index contributed by atoms with van der Waals surface area (Å²) in [6.07, 6.45) is 6.35. The number of ketones is 1. The number of hydrogen-bond donors (Lipinski definition) is 0. The van der Waals surface area contributed by atoms with Crippen LogP contribution in [0.25, 0.3) is 5.52 Å². The van der Waals surface area contributed by atoms with Crippen molar-refractivity contribution in [2.45, 2.75) is 0 Å². The summed E-state index contributed by atoms with van der Waals surface area (Å²) in [6.45, 7) is 0. The number of benzene rings is 1. The Morgan fingerprint density at radius 1 is 1.16 bits per heavy atom. The highest BCUT2D eigenvalue weighted by Gasteiger charge is 2.17. The molecule has 0 aliphatic rings. The molecule has 94 valence electrons. The topological polar surface area (TPSA) is 47.3 Å². The molecule has 0 radical (unpaired) electrons. The second-order valence-electron chi connectivity index (χ2n) is 3.92. The predicted octanol–water partition coefficient (Wildman–Crippen LogP) is 3.27. The van der Waals surface area contributed by atoms with Gasteiger partial charge in [-0.2, -0.15) is 5.10 Å². The van der Waals surface area contributed by atoms with E-state index in [-0.39, 0.29) is 5.78 Å². The quantitative estimate of drug-likeness (QED) is 0.681. The van der Waals surface area contributed by atoms with E-state index in [1.54, 1.807) is 41.3 Å². The molecule has 0 bridgehead atoms. The van der Waals surface area contributed by atoms with Gasteiger partial charge in [0.05, 0.1) is 28.5 Å². The van der Waals surface area contributed by atoms with Crippen LogP contribution in [0.15, 0.2) is 43.0 Å². The monoisotopic (exact) mass is 291 g/mol. The summed E-state index contributed by atoms with van der Waals surface area (Å²) in [5.41, 5.74) is 1.42. The number of nitrogens with zero attached hydrogens (tertiary/aromatic N) is 3. The molecule has 0 spiro atoms. The third-order valence-corrected chi connectivity index (χ3v) is 3.31. The Hall–Kier alpha value is -1.91. The summed E-state index contributed by atoms with van der Waals surface area (Å²) in [6, 6.07) is 4.78. The van der Waals surface area contributed by atoms with Crippen LogP contribution in [-0.2, 0) is 0 Å². The maximum Gasteiger partial charge on any atom is 0.198 e. The van der Waals surface area contributed by atoms with E-state index in [4.69, 9.17) is 23.2 Å². The van der Waals surface area contributed by atoms with Gasteiger partial charge in [-0.15, -0.1) is 0 Å². The molecule has 0 saturated carbocycles. The zero-order chi connectivity index (χ0) is 13.4. The van der Waals surface area contributed by atoms with Crippen molar-refractivity contribution in [3.05, 3.63) is 64.2 Å². The molecule has 0 N–H and O–H groups in total. The lowest BCUT2D eigenvalue weighted by molar-refractivity contribution is 0.104. The first kappa shape index (κ1) is 12.1. The number of fused-ring (bicyclic) bond motifs is 1. The molecule has 0 unspecified atom stereocenters. The van der Waals surface area contributed by atoms with E-state index in [0.29, 0.717) is 26.7 Å². The van der Waals surface area contributed by atoms with Crippen LogP contribution in [-0.4, -0.2) is 20.4 Å². The fourth-order valence-corrected chi connectivity index (χ4v) is 2.20. The molecule has 1 aromatic carbocycles. The predicted molar refractivity (Wildman–Crippen MR) is 72.9 cm³/mol. The third kappa shape index (κ3) is 2.09. The lowest BCUT2D eigenvalue weighted by atomic mass is 10.1. The standard InChI is InChI=1S/C13H7Cl2N3O/c14-8-1-2-11(15)9(5-8)13(19)10-6-17-18-4-3-16-7-12(10)18/h1-7H. The Labute approximate surface area is 118 Å². The summed E-state index contributed by atoms with van der Waals surface area (Å²) in [5, 5.41) is 4.92. The molecule has 0 atom stereocenters. The average Bonchev–Trinajstić information content (AvgIpc) is 2.84. The number of halogens is 2. The highest BCUT2D eigenvalue weighted by molar-refractivity contribution is 6.37. The maximum atomic E-state index is 12.5. The van der Waals surface area contributed by atoms with E-state index < -0.39 is 0 Å². The molecule has 0 amide bonds. The van der Waals surface area contributed by atoms with Gasteiger partial charge in [0, 0.05) is 23.0 Å². The first-order chi connectivity index (χ1) is 9.16. The van der Waals surface area contributed by atoms with Gasteiger partial charge in [0.25, 0.3) is 0 Å². The summed E-state index contributed by atoms with van der Waals surface area (Å²) < 4.78 is 1.58. The van der Waals surface area contributed by atoms with Gasteiger partial charge >= 0.3 is 0 Å².